The molecule has 0 unspecified atom stereocenters. The van der Waals surface area contributed by atoms with Crippen LogP contribution in [0.25, 0.3) is 0 Å². The van der Waals surface area contributed by atoms with Crippen LogP contribution < -0.4 is 12.4 Å². The van der Waals surface area contributed by atoms with Gasteiger partial charge < -0.3 is 37.3 Å². The Morgan fingerprint density at radius 1 is 0.654 bits per heavy atom. The minimum atomic E-state index is -0.954. The zero-order chi connectivity index (χ0) is 19.4. The van der Waals surface area contributed by atoms with E-state index in [4.69, 9.17) is 20.4 Å². The fourth-order valence-corrected chi connectivity index (χ4v) is 2.70. The third-order valence-electron chi connectivity index (χ3n) is 4.46. The molecule has 0 spiro atoms. The van der Waals surface area contributed by atoms with Crippen LogP contribution in [0.3, 0.4) is 0 Å². The first-order chi connectivity index (χ1) is 11.9. The molecule has 0 rings (SSSR count). The predicted molar refractivity (Wildman–Crippen MR) is 106 cm³/mol. The van der Waals surface area contributed by atoms with E-state index in [9.17, 15) is 0 Å². The van der Waals surface area contributed by atoms with Crippen molar-refractivity contribution in [2.24, 2.45) is 0 Å². The molecule has 0 aliphatic heterocycles. The molecule has 0 atom stereocenters. The fourth-order valence-electron chi connectivity index (χ4n) is 2.70. The number of halogens is 1. The number of hydrogen-bond acceptors (Lipinski definition) is 4. The SMILES string of the molecule is CCCCCCCCCCCC[N+](C)(C)CCCO.OCC(O)CO.[Cl-]. The number of unbranched alkanes of at least 4 members (excludes halogenated alkanes) is 9. The first kappa shape index (κ1) is 30.8. The van der Waals surface area contributed by atoms with E-state index in [-0.39, 0.29) is 25.6 Å². The summed E-state index contributed by atoms with van der Waals surface area (Å²) in [6.07, 6.45) is 14.1. The van der Waals surface area contributed by atoms with Gasteiger partial charge in [0.1, 0.15) is 6.10 Å². The number of hydrogen-bond donors (Lipinski definition) is 4. The second-order valence-corrected chi connectivity index (χ2v) is 7.66. The summed E-state index contributed by atoms with van der Waals surface area (Å²) >= 11 is 0. The average molecular weight is 400 g/mol. The van der Waals surface area contributed by atoms with Crippen LogP contribution in [0.4, 0.5) is 0 Å². The highest BCUT2D eigenvalue weighted by Gasteiger charge is 2.12. The summed E-state index contributed by atoms with van der Waals surface area (Å²) in [7, 11) is 4.56. The molecule has 162 valence electrons. The normalized spacial score (nSPS) is 11.1. The van der Waals surface area contributed by atoms with Crippen molar-refractivity contribution < 1.29 is 37.3 Å². The molecular formula is C20H46ClNO4. The van der Waals surface area contributed by atoms with Gasteiger partial charge in [-0.25, -0.2) is 0 Å². The maximum absolute atomic E-state index is 8.87. The lowest BCUT2D eigenvalue weighted by molar-refractivity contribution is -0.890. The van der Waals surface area contributed by atoms with Gasteiger partial charge in [-0.1, -0.05) is 58.3 Å². The van der Waals surface area contributed by atoms with Crippen molar-refractivity contribution in [1.82, 2.24) is 0 Å². The molecule has 0 heterocycles. The minimum absolute atomic E-state index is 0. The Labute approximate surface area is 168 Å². The van der Waals surface area contributed by atoms with E-state index in [1.165, 1.54) is 70.8 Å². The summed E-state index contributed by atoms with van der Waals surface area (Å²) in [4.78, 5) is 0. The lowest BCUT2D eigenvalue weighted by Crippen LogP contribution is -3.00. The second kappa shape index (κ2) is 23.1. The summed E-state index contributed by atoms with van der Waals surface area (Å²) in [5.74, 6) is 0. The number of nitrogens with zero attached hydrogens (tertiary/aromatic N) is 1. The molecule has 26 heavy (non-hydrogen) atoms. The quantitative estimate of drug-likeness (QED) is 0.212. The fraction of sp³-hybridized carbons (Fsp3) is 1.00. The lowest BCUT2D eigenvalue weighted by atomic mass is 10.1. The third-order valence-corrected chi connectivity index (χ3v) is 4.46. The zero-order valence-corrected chi connectivity index (χ0v) is 18.3. The van der Waals surface area contributed by atoms with Crippen molar-refractivity contribution >= 4 is 0 Å². The number of rotatable bonds is 16. The average Bonchev–Trinajstić information content (AvgIpc) is 2.61. The van der Waals surface area contributed by atoms with Crippen molar-refractivity contribution in [1.29, 1.82) is 0 Å². The second-order valence-electron chi connectivity index (χ2n) is 7.66. The number of quaternary nitrogens is 1. The van der Waals surface area contributed by atoms with E-state index in [0.29, 0.717) is 6.61 Å². The summed E-state index contributed by atoms with van der Waals surface area (Å²) < 4.78 is 1.07. The van der Waals surface area contributed by atoms with Crippen molar-refractivity contribution in [3.8, 4) is 0 Å². The molecule has 0 aromatic carbocycles. The maximum atomic E-state index is 8.87. The van der Waals surface area contributed by atoms with Crippen LogP contribution in [0.5, 0.6) is 0 Å². The third kappa shape index (κ3) is 26.3. The molecular weight excluding hydrogens is 354 g/mol. The van der Waals surface area contributed by atoms with Gasteiger partial charge in [0, 0.05) is 13.0 Å². The zero-order valence-electron chi connectivity index (χ0n) is 17.5. The topological polar surface area (TPSA) is 80.9 Å². The Morgan fingerprint density at radius 2 is 1.04 bits per heavy atom. The Morgan fingerprint density at radius 3 is 1.38 bits per heavy atom. The van der Waals surface area contributed by atoms with Gasteiger partial charge in [-0.2, -0.15) is 0 Å². The van der Waals surface area contributed by atoms with Crippen molar-refractivity contribution in [2.45, 2.75) is 83.7 Å². The first-order valence-corrected chi connectivity index (χ1v) is 10.3. The van der Waals surface area contributed by atoms with Crippen LogP contribution in [0, 0.1) is 0 Å². The number of aliphatic hydroxyl groups is 4. The summed E-state index contributed by atoms with van der Waals surface area (Å²) in [5, 5.41) is 32.9. The maximum Gasteiger partial charge on any atom is 0.100 e. The minimum Gasteiger partial charge on any atom is -1.00 e. The summed E-state index contributed by atoms with van der Waals surface area (Å²) in [6.45, 7) is 4.25. The molecule has 0 radical (unpaired) electrons. The Balaban J connectivity index is -0.000000649. The molecule has 6 heteroatoms. The van der Waals surface area contributed by atoms with Gasteiger partial charge in [0.2, 0.25) is 0 Å². The smallest absolute Gasteiger partial charge is 0.100 e. The van der Waals surface area contributed by atoms with Crippen molar-refractivity contribution in [3.63, 3.8) is 0 Å². The van der Waals surface area contributed by atoms with Gasteiger partial charge in [-0.05, 0) is 12.8 Å². The largest absolute Gasteiger partial charge is 1.00 e. The van der Waals surface area contributed by atoms with Crippen molar-refractivity contribution in [3.05, 3.63) is 0 Å². The Hall–Kier alpha value is 0.0900. The van der Waals surface area contributed by atoms with E-state index in [1.807, 2.05) is 0 Å². The molecule has 0 amide bonds. The van der Waals surface area contributed by atoms with Crippen LogP contribution in [0.15, 0.2) is 0 Å². The molecule has 0 saturated heterocycles. The lowest BCUT2D eigenvalue weighted by Gasteiger charge is -2.29. The molecule has 0 aliphatic rings. The monoisotopic (exact) mass is 399 g/mol. The molecule has 0 aromatic rings. The molecule has 0 aromatic heterocycles. The van der Waals surface area contributed by atoms with E-state index in [2.05, 4.69) is 21.0 Å². The van der Waals surface area contributed by atoms with Crippen LogP contribution in [-0.2, 0) is 0 Å². The van der Waals surface area contributed by atoms with Gasteiger partial charge in [0.25, 0.3) is 0 Å². The van der Waals surface area contributed by atoms with E-state index >= 15 is 0 Å². The molecule has 5 nitrogen and oxygen atoms in total. The van der Waals surface area contributed by atoms with E-state index < -0.39 is 6.10 Å². The van der Waals surface area contributed by atoms with Gasteiger partial charge in [-0.3, -0.25) is 0 Å². The van der Waals surface area contributed by atoms with Crippen LogP contribution in [0.1, 0.15) is 77.6 Å². The highest BCUT2D eigenvalue weighted by molar-refractivity contribution is 4.48. The molecule has 0 saturated carbocycles. The molecule has 0 fully saturated rings. The van der Waals surface area contributed by atoms with Gasteiger partial charge in [0.15, 0.2) is 0 Å². The molecule has 4 N–H and O–H groups in total. The predicted octanol–water partition coefficient (Wildman–Crippen LogP) is -0.298. The standard InChI is InChI=1S/C17H38NO.C3H8O3.ClH/c1-4-5-6-7-8-9-10-11-12-13-15-18(2,3)16-14-17-19;4-1-3(6)2-5;/h19H,4-17H2,1-3H3;3-6H,1-2H2;1H/q+1;;/p-1. The number of aliphatic hydroxyl groups excluding tert-OH is 4. The first-order valence-electron chi connectivity index (χ1n) is 10.3. The van der Waals surface area contributed by atoms with E-state index in [0.717, 1.165) is 17.4 Å². The highest BCUT2D eigenvalue weighted by atomic mass is 35.5. The highest BCUT2D eigenvalue weighted by Crippen LogP contribution is 2.11. The molecule has 0 bridgehead atoms. The van der Waals surface area contributed by atoms with E-state index in [1.54, 1.807) is 0 Å². The van der Waals surface area contributed by atoms with Crippen LogP contribution in [-0.4, -0.2) is 78.0 Å². The van der Waals surface area contributed by atoms with Crippen LogP contribution in [0.2, 0.25) is 0 Å². The van der Waals surface area contributed by atoms with Crippen LogP contribution >= 0.6 is 0 Å². The Bertz CT molecular complexity index is 252. The van der Waals surface area contributed by atoms with Gasteiger partial charge in [0.05, 0.1) is 40.4 Å². The van der Waals surface area contributed by atoms with Gasteiger partial charge >= 0.3 is 0 Å². The summed E-state index contributed by atoms with van der Waals surface area (Å²) in [5.41, 5.74) is 0. The Kier molecular flexibility index (Phi) is 27.4. The van der Waals surface area contributed by atoms with Gasteiger partial charge in [-0.15, -0.1) is 0 Å². The van der Waals surface area contributed by atoms with Crippen molar-refractivity contribution in [2.75, 3.05) is 47.0 Å². The molecule has 0 aliphatic carbocycles. The summed E-state index contributed by atoms with van der Waals surface area (Å²) in [6, 6.07) is 0.